The van der Waals surface area contributed by atoms with Gasteiger partial charge in [0, 0.05) is 0 Å². The second kappa shape index (κ2) is 8.62. The van der Waals surface area contributed by atoms with Gasteiger partial charge < -0.3 is 25.2 Å². The number of hydrogen-bond donors (Lipinski definition) is 1. The van der Waals surface area contributed by atoms with E-state index >= 15 is 0 Å². The minimum Gasteiger partial charge on any atom is -0.872 e. The smallest absolute Gasteiger partial charge is 0.872 e. The van der Waals surface area contributed by atoms with E-state index in [1.165, 1.54) is 0 Å². The quantitative estimate of drug-likeness (QED) is 0.489. The zero-order chi connectivity index (χ0) is 10.9. The topological polar surface area (TPSA) is 124 Å². The van der Waals surface area contributed by atoms with Crippen molar-refractivity contribution in [3.8, 4) is 11.5 Å². The Balaban J connectivity index is -0.000000653. The third kappa shape index (κ3) is 4.74. The molecule has 0 saturated carbocycles. The molecule has 9 heteroatoms. The molecule has 0 radical (unpaired) electrons. The molecule has 1 aromatic carbocycles. The number of carboxylic acid groups (broad SMARTS) is 2. The summed E-state index contributed by atoms with van der Waals surface area (Å²) >= 11 is 0. The van der Waals surface area contributed by atoms with E-state index in [2.05, 4.69) is 0 Å². The number of carbonyl (C=O) groups excluding carboxylic acids is 1. The van der Waals surface area contributed by atoms with Gasteiger partial charge in [0.1, 0.15) is 0 Å². The molecule has 6 nitrogen and oxygen atoms in total. The molecule has 74 valence electrons. The molecule has 0 unspecified atom stereocenters. The van der Waals surface area contributed by atoms with Crippen LogP contribution in [0.1, 0.15) is 20.7 Å². The third-order valence-corrected chi connectivity index (χ3v) is 1.56. The van der Waals surface area contributed by atoms with E-state index in [4.69, 9.17) is 5.11 Å². The molecule has 0 aliphatic heterocycles. The molecule has 0 aliphatic rings. The van der Waals surface area contributed by atoms with Gasteiger partial charge in [-0.1, -0.05) is 6.07 Å². The Morgan fingerprint density at radius 1 is 0.941 bits per heavy atom. The molecule has 0 aromatic heterocycles. The molecule has 0 aliphatic carbocycles. The van der Waals surface area contributed by atoms with Crippen LogP contribution in [0.2, 0.25) is 0 Å². The van der Waals surface area contributed by atoms with Gasteiger partial charge >= 0.3 is 62.6 Å². The summed E-state index contributed by atoms with van der Waals surface area (Å²) in [5.41, 5.74) is -1.58. The van der Waals surface area contributed by atoms with Crippen LogP contribution in [0.5, 0.6) is 11.5 Å². The molecule has 0 atom stereocenters. The summed E-state index contributed by atoms with van der Waals surface area (Å²) in [5, 5.41) is 40.6. The fraction of sp³-hybridized carbons (Fsp3) is 0. The maximum absolute atomic E-state index is 11.0. The fourth-order valence-corrected chi connectivity index (χ4v) is 0.892. The van der Waals surface area contributed by atoms with Crippen molar-refractivity contribution in [2.75, 3.05) is 0 Å². The number of carbonyl (C=O) groups is 2. The van der Waals surface area contributed by atoms with Crippen molar-refractivity contribution in [3.05, 3.63) is 23.3 Å². The van der Waals surface area contributed by atoms with Gasteiger partial charge in [-0.2, -0.15) is 0 Å². The van der Waals surface area contributed by atoms with E-state index in [9.17, 15) is 24.9 Å². The van der Waals surface area contributed by atoms with Crippen LogP contribution in [-0.2, 0) is 0 Å². The zero-order valence-corrected chi connectivity index (χ0v) is 9.64. The first-order valence-corrected chi connectivity index (χ1v) is 3.40. The molecular weight excluding hydrogens is 213 g/mol. The molecule has 1 aromatic rings. The molecule has 0 amide bonds. The Morgan fingerprint density at radius 3 is 1.65 bits per heavy atom. The van der Waals surface area contributed by atoms with Gasteiger partial charge in [0.05, 0.1) is 11.5 Å². The summed E-state index contributed by atoms with van der Waals surface area (Å²) in [7, 11) is 0. The van der Waals surface area contributed by atoms with Crippen LogP contribution in [0.15, 0.2) is 12.1 Å². The largest absolute Gasteiger partial charge is 1.00 e. The molecule has 1 N–H and O–H groups in total. The first kappa shape index (κ1) is 21.8. The second-order valence-corrected chi connectivity index (χ2v) is 2.41. The van der Waals surface area contributed by atoms with Crippen LogP contribution in [-0.4, -0.2) is 17.0 Å². The Kier molecular flexibility index (Phi) is 11.0. The van der Waals surface area contributed by atoms with E-state index in [0.29, 0.717) is 0 Å². The molecule has 0 spiro atoms. The van der Waals surface area contributed by atoms with Gasteiger partial charge in [-0.3, -0.25) is 0 Å². The number of aromatic carboxylic acids is 2. The van der Waals surface area contributed by atoms with Crippen LogP contribution in [0, 0.1) is 0 Å². The molecular formula is C8H3Li3O6. The first-order chi connectivity index (χ1) is 6.45. The van der Waals surface area contributed by atoms with E-state index in [1.54, 1.807) is 0 Å². The Labute approximate surface area is 133 Å². The number of carboxylic acids is 2. The molecule has 0 saturated heterocycles. The van der Waals surface area contributed by atoms with Gasteiger partial charge in [-0.25, -0.2) is 4.79 Å². The number of hydrogen-bond acceptors (Lipinski definition) is 5. The standard InChI is InChI=1S/C8H6O6.3Li/c9-5-3(7(11)12)1-2-4(6(5)10)8(13)14;;;/h1-2,9-10H,(H,11,12)(H,13,14);;;/q;3*+1/p-3. The van der Waals surface area contributed by atoms with E-state index < -0.39 is 34.6 Å². The SMILES string of the molecule is O=C([O-])c1ccc(C(=O)O)c([O-])c1[O-].[Li+].[Li+].[Li+]. The summed E-state index contributed by atoms with van der Waals surface area (Å²) in [5.74, 6) is -6.09. The van der Waals surface area contributed by atoms with Gasteiger partial charge in [0.25, 0.3) is 0 Å². The second-order valence-electron chi connectivity index (χ2n) is 2.41. The Hall–Kier alpha value is -0.448. The van der Waals surface area contributed by atoms with Crippen LogP contribution in [0.25, 0.3) is 0 Å². The fourth-order valence-electron chi connectivity index (χ4n) is 0.892. The van der Waals surface area contributed by atoms with Gasteiger partial charge in [-0.15, -0.1) is 11.5 Å². The maximum atomic E-state index is 11.0. The third-order valence-electron chi connectivity index (χ3n) is 1.56. The molecule has 0 heterocycles. The first-order valence-electron chi connectivity index (χ1n) is 3.40. The summed E-state index contributed by atoms with van der Waals surface area (Å²) in [6.45, 7) is 0. The van der Waals surface area contributed by atoms with Crippen molar-refractivity contribution in [3.63, 3.8) is 0 Å². The van der Waals surface area contributed by atoms with Crippen LogP contribution < -0.4 is 71.9 Å². The monoisotopic (exact) mass is 216 g/mol. The number of benzene rings is 1. The van der Waals surface area contributed by atoms with Crippen molar-refractivity contribution in [2.24, 2.45) is 0 Å². The van der Waals surface area contributed by atoms with Crippen molar-refractivity contribution in [1.29, 1.82) is 0 Å². The predicted octanol–water partition coefficient (Wildman–Crippen LogP) is -11.1. The average molecular weight is 216 g/mol. The molecule has 0 bridgehead atoms. The zero-order valence-electron chi connectivity index (χ0n) is 9.64. The minimum absolute atomic E-state index is 0. The van der Waals surface area contributed by atoms with Crippen molar-refractivity contribution >= 4 is 11.9 Å². The summed E-state index contributed by atoms with van der Waals surface area (Å²) in [6, 6.07) is 1.50. The molecule has 17 heavy (non-hydrogen) atoms. The maximum Gasteiger partial charge on any atom is 1.00 e. The van der Waals surface area contributed by atoms with Crippen molar-refractivity contribution in [1.82, 2.24) is 0 Å². The molecule has 0 fully saturated rings. The van der Waals surface area contributed by atoms with Crippen LogP contribution in [0.4, 0.5) is 0 Å². The van der Waals surface area contributed by atoms with E-state index in [0.717, 1.165) is 12.1 Å². The van der Waals surface area contributed by atoms with E-state index in [-0.39, 0.29) is 56.6 Å². The average Bonchev–Trinajstić information content (AvgIpc) is 2.08. The minimum atomic E-state index is -1.80. The summed E-state index contributed by atoms with van der Waals surface area (Å²) < 4.78 is 0. The van der Waals surface area contributed by atoms with Crippen LogP contribution in [0.3, 0.4) is 0 Å². The van der Waals surface area contributed by atoms with Crippen molar-refractivity contribution in [2.45, 2.75) is 0 Å². The predicted molar refractivity (Wildman–Crippen MR) is 36.6 cm³/mol. The summed E-state index contributed by atoms with van der Waals surface area (Å²) in [6.07, 6.45) is 0. The normalized spacial score (nSPS) is 8.00. The van der Waals surface area contributed by atoms with Crippen molar-refractivity contribution < 1.29 is 86.6 Å². The Morgan fingerprint density at radius 2 is 1.29 bits per heavy atom. The van der Waals surface area contributed by atoms with Gasteiger partial charge in [0.15, 0.2) is 0 Å². The van der Waals surface area contributed by atoms with Crippen LogP contribution >= 0.6 is 0 Å². The summed E-state index contributed by atoms with van der Waals surface area (Å²) in [4.78, 5) is 20.6. The van der Waals surface area contributed by atoms with Gasteiger partial charge in [0.2, 0.25) is 0 Å². The van der Waals surface area contributed by atoms with E-state index in [1.807, 2.05) is 0 Å². The number of rotatable bonds is 2. The molecule has 1 rings (SSSR count). The van der Waals surface area contributed by atoms with Gasteiger partial charge in [-0.05, 0) is 11.6 Å². The Bertz CT molecular complexity index is 381.